The molecule has 0 aromatic heterocycles. The molecular formula is C20H32Cl2NPPd. The number of benzene rings is 1. The molecule has 2 saturated carbocycles. The zero-order valence-electron chi connectivity index (χ0n) is 15.5. The van der Waals surface area contributed by atoms with Crippen LogP contribution in [0.1, 0.15) is 64.2 Å². The number of hydrogen-bond acceptors (Lipinski definition) is 1. The van der Waals surface area contributed by atoms with Gasteiger partial charge in [0, 0.05) is 19.8 Å². The van der Waals surface area contributed by atoms with Crippen molar-refractivity contribution in [2.24, 2.45) is 0 Å². The van der Waals surface area contributed by atoms with Crippen molar-refractivity contribution < 1.29 is 15.9 Å². The molecule has 2 aliphatic carbocycles. The van der Waals surface area contributed by atoms with Gasteiger partial charge < -0.3 is 4.90 Å². The maximum absolute atomic E-state index is 4.81. The van der Waals surface area contributed by atoms with Crippen molar-refractivity contribution in [3.8, 4) is 0 Å². The van der Waals surface area contributed by atoms with E-state index in [2.05, 4.69) is 43.3 Å². The van der Waals surface area contributed by atoms with Crippen LogP contribution in [0.4, 0.5) is 5.69 Å². The first-order chi connectivity index (χ1) is 12.2. The Bertz CT molecular complexity index is 453. The van der Waals surface area contributed by atoms with Crippen molar-refractivity contribution in [3.63, 3.8) is 0 Å². The van der Waals surface area contributed by atoms with Crippen molar-refractivity contribution in [2.45, 2.75) is 75.5 Å². The fourth-order valence-corrected chi connectivity index (χ4v) is 8.14. The summed E-state index contributed by atoms with van der Waals surface area (Å²) < 4.78 is 0. The normalized spacial score (nSPS) is 19.6. The molecule has 0 radical (unpaired) electrons. The molecule has 0 amide bonds. The summed E-state index contributed by atoms with van der Waals surface area (Å²) in [4.78, 5) is 2.22. The molecule has 146 valence electrons. The molecule has 0 N–H and O–H groups in total. The molecule has 0 heterocycles. The zero-order valence-corrected chi connectivity index (χ0v) is 19.5. The molecule has 0 unspecified atom stereocenters. The fourth-order valence-electron chi connectivity index (χ4n) is 4.36. The first-order valence-corrected chi connectivity index (χ1v) is 15.0. The van der Waals surface area contributed by atoms with Gasteiger partial charge in [-0.1, -0.05) is 58.6 Å². The molecule has 0 bridgehead atoms. The number of hydrogen-bond donors (Lipinski definition) is 0. The molecule has 1 aromatic rings. The predicted molar refractivity (Wildman–Crippen MR) is 113 cm³/mol. The standard InChI is InChI=1S/C20H32NP.2ClH.Pd/c1-21(2)17-13-15-20(16-14-17)22(18-9-5-3-6-10-18)19-11-7-4-8-12-19;;;/h13-16,18-19H,3-12H2,1-2H3;2*1H;/q;;;+2/p-2. The zero-order chi connectivity index (χ0) is 18.1. The predicted octanol–water partition coefficient (Wildman–Crippen LogP) is 6.90. The monoisotopic (exact) mass is 493 g/mol. The molecule has 3 rings (SSSR count). The van der Waals surface area contributed by atoms with E-state index in [0.29, 0.717) is 0 Å². The van der Waals surface area contributed by atoms with E-state index >= 15 is 0 Å². The Morgan fingerprint density at radius 1 is 0.800 bits per heavy atom. The molecule has 0 spiro atoms. The maximum atomic E-state index is 4.81. The van der Waals surface area contributed by atoms with Crippen LogP contribution in [0.5, 0.6) is 0 Å². The van der Waals surface area contributed by atoms with E-state index in [1.165, 1.54) is 69.9 Å². The van der Waals surface area contributed by atoms with E-state index in [-0.39, 0.29) is 23.9 Å². The Morgan fingerprint density at radius 3 is 1.56 bits per heavy atom. The van der Waals surface area contributed by atoms with Gasteiger partial charge in [0.2, 0.25) is 0 Å². The molecule has 1 aromatic carbocycles. The molecule has 5 heteroatoms. The molecule has 2 aliphatic rings. The topological polar surface area (TPSA) is 3.24 Å². The Hall–Kier alpha value is 0.692. The average Bonchev–Trinajstić information content (AvgIpc) is 2.65. The fraction of sp³-hybridized carbons (Fsp3) is 0.700. The van der Waals surface area contributed by atoms with Crippen molar-refractivity contribution >= 4 is 38.0 Å². The number of anilines is 1. The number of nitrogens with zero attached hydrogens (tertiary/aromatic N) is 1. The van der Waals surface area contributed by atoms with Gasteiger partial charge in [0.25, 0.3) is 0 Å². The van der Waals surface area contributed by atoms with Crippen LogP contribution in [0.15, 0.2) is 24.3 Å². The summed E-state index contributed by atoms with van der Waals surface area (Å²) in [6, 6.07) is 9.61. The molecule has 0 saturated heterocycles. The second-order valence-electron chi connectivity index (χ2n) is 7.45. The summed E-state index contributed by atoms with van der Waals surface area (Å²) in [6.07, 6.45) is 14.9. The number of rotatable bonds is 4. The molecule has 2 fully saturated rings. The molecule has 0 atom stereocenters. The van der Waals surface area contributed by atoms with Crippen LogP contribution >= 0.6 is 27.0 Å². The van der Waals surface area contributed by atoms with Gasteiger partial charge in [0.1, 0.15) is 0 Å². The summed E-state index contributed by atoms with van der Waals surface area (Å²) >= 11 is -0.106. The van der Waals surface area contributed by atoms with Crippen LogP contribution < -0.4 is 10.2 Å². The van der Waals surface area contributed by atoms with Crippen LogP contribution in [-0.2, 0) is 15.9 Å². The van der Waals surface area contributed by atoms with Crippen LogP contribution in [0, 0.1) is 0 Å². The van der Waals surface area contributed by atoms with Gasteiger partial charge in [0.15, 0.2) is 0 Å². The van der Waals surface area contributed by atoms with Crippen molar-refractivity contribution in [1.29, 1.82) is 0 Å². The SMILES string of the molecule is CN(C)c1ccc(P(C2CCCCC2)C2CCCCC2)cc1.[Cl][Pd][Cl]. The van der Waals surface area contributed by atoms with E-state index in [4.69, 9.17) is 19.1 Å². The average molecular weight is 495 g/mol. The summed E-state index contributed by atoms with van der Waals surface area (Å²) in [7, 11) is 14.0. The summed E-state index contributed by atoms with van der Waals surface area (Å²) in [5, 5.41) is 1.69. The van der Waals surface area contributed by atoms with Crippen molar-refractivity contribution in [2.75, 3.05) is 19.0 Å². The molecule has 25 heavy (non-hydrogen) atoms. The number of halogens is 2. The second-order valence-corrected chi connectivity index (χ2v) is 12.6. The van der Waals surface area contributed by atoms with E-state index < -0.39 is 0 Å². The Balaban J connectivity index is 0.000000701. The summed E-state index contributed by atoms with van der Waals surface area (Å²) in [5.41, 5.74) is 3.36. The Morgan fingerprint density at radius 2 is 1.20 bits per heavy atom. The van der Waals surface area contributed by atoms with Gasteiger partial charge >= 0.3 is 35.0 Å². The van der Waals surface area contributed by atoms with Crippen LogP contribution in [0.2, 0.25) is 0 Å². The van der Waals surface area contributed by atoms with E-state index in [1.807, 2.05) is 0 Å². The van der Waals surface area contributed by atoms with E-state index in [9.17, 15) is 0 Å². The Kier molecular flexibility index (Phi) is 10.7. The summed E-state index contributed by atoms with van der Waals surface area (Å²) in [6.45, 7) is 0. The minimum atomic E-state index is -0.106. The van der Waals surface area contributed by atoms with Crippen LogP contribution in [0.25, 0.3) is 0 Å². The van der Waals surface area contributed by atoms with E-state index in [1.54, 1.807) is 5.30 Å². The van der Waals surface area contributed by atoms with Gasteiger partial charge in [-0.3, -0.25) is 0 Å². The van der Waals surface area contributed by atoms with Crippen molar-refractivity contribution in [1.82, 2.24) is 0 Å². The Labute approximate surface area is 172 Å². The minimum absolute atomic E-state index is 0.0577. The molecule has 0 aliphatic heterocycles. The van der Waals surface area contributed by atoms with Gasteiger partial charge in [0.05, 0.1) is 0 Å². The van der Waals surface area contributed by atoms with Crippen molar-refractivity contribution in [3.05, 3.63) is 24.3 Å². The third-order valence-corrected chi connectivity index (χ3v) is 9.10. The third kappa shape index (κ3) is 6.98. The van der Waals surface area contributed by atoms with Gasteiger partial charge in [-0.25, -0.2) is 0 Å². The van der Waals surface area contributed by atoms with Gasteiger partial charge in [-0.2, -0.15) is 0 Å². The molecule has 1 nitrogen and oxygen atoms in total. The first kappa shape index (κ1) is 22.0. The quantitative estimate of drug-likeness (QED) is 0.325. The van der Waals surface area contributed by atoms with Crippen LogP contribution in [0.3, 0.4) is 0 Å². The van der Waals surface area contributed by atoms with E-state index in [0.717, 1.165) is 11.3 Å². The second kappa shape index (κ2) is 12.2. The first-order valence-electron chi connectivity index (χ1n) is 9.55. The van der Waals surface area contributed by atoms with Crippen LogP contribution in [-0.4, -0.2) is 25.4 Å². The van der Waals surface area contributed by atoms with Gasteiger partial charge in [-0.05, 0) is 54.4 Å². The molecular weight excluding hydrogens is 463 g/mol. The third-order valence-electron chi connectivity index (χ3n) is 5.60. The summed E-state index contributed by atoms with van der Waals surface area (Å²) in [5.74, 6) is 0. The van der Waals surface area contributed by atoms with Gasteiger partial charge in [-0.15, -0.1) is 0 Å².